The van der Waals surface area contributed by atoms with E-state index >= 15 is 0 Å². The number of thioether (sulfide) groups is 1. The van der Waals surface area contributed by atoms with Crippen molar-refractivity contribution in [3.8, 4) is 0 Å². The molecule has 1 saturated carbocycles. The zero-order chi connectivity index (χ0) is 20.1. The van der Waals surface area contributed by atoms with Crippen molar-refractivity contribution < 1.29 is 8.42 Å². The molecule has 0 spiro atoms. The highest BCUT2D eigenvalue weighted by Gasteiger charge is 2.28. The molecule has 28 heavy (non-hydrogen) atoms. The third-order valence-corrected chi connectivity index (χ3v) is 8.09. The molecule has 1 heterocycles. The van der Waals surface area contributed by atoms with Crippen LogP contribution in [0.2, 0.25) is 0 Å². The number of nitrogens with one attached hydrogen (secondary N) is 2. The van der Waals surface area contributed by atoms with E-state index in [1.54, 1.807) is 12.1 Å². The van der Waals surface area contributed by atoms with Gasteiger partial charge in [-0.25, -0.2) is 18.1 Å². The second-order valence-corrected chi connectivity index (χ2v) is 10.9. The Morgan fingerprint density at radius 2 is 2.00 bits per heavy atom. The maximum Gasteiger partial charge on any atom is 0.240 e. The van der Waals surface area contributed by atoms with Crippen LogP contribution in [-0.2, 0) is 16.6 Å². The number of hydrogen-bond acceptors (Lipinski definition) is 4. The van der Waals surface area contributed by atoms with Crippen molar-refractivity contribution >= 4 is 27.7 Å². The van der Waals surface area contributed by atoms with E-state index in [9.17, 15) is 8.42 Å². The highest BCUT2D eigenvalue weighted by molar-refractivity contribution is 8.00. The molecular formula is C20H32N4O2S2. The Kier molecular flexibility index (Phi) is 7.28. The lowest BCUT2D eigenvalue weighted by molar-refractivity contribution is 0.381. The molecule has 0 radical (unpaired) electrons. The zero-order valence-electron chi connectivity index (χ0n) is 17.0. The minimum Gasteiger partial charge on any atom is -0.357 e. The van der Waals surface area contributed by atoms with Gasteiger partial charge < -0.3 is 10.2 Å². The summed E-state index contributed by atoms with van der Waals surface area (Å²) in [6.45, 7) is 10.0. The largest absolute Gasteiger partial charge is 0.357 e. The average Bonchev–Trinajstić information content (AvgIpc) is 3.49. The van der Waals surface area contributed by atoms with Gasteiger partial charge in [0, 0.05) is 36.7 Å². The molecule has 2 aliphatic rings. The summed E-state index contributed by atoms with van der Waals surface area (Å²) in [4.78, 5) is 7.48. The van der Waals surface area contributed by atoms with Crippen LogP contribution >= 0.6 is 11.8 Å². The molecule has 1 aromatic rings. The van der Waals surface area contributed by atoms with E-state index < -0.39 is 10.0 Å². The van der Waals surface area contributed by atoms with Crippen LogP contribution in [0.15, 0.2) is 34.2 Å². The van der Waals surface area contributed by atoms with Gasteiger partial charge in [0.1, 0.15) is 0 Å². The number of nitrogens with zero attached hydrogens (tertiary/aromatic N) is 2. The Hall–Kier alpha value is -1.25. The lowest BCUT2D eigenvalue weighted by atomic mass is 10.1. The van der Waals surface area contributed by atoms with Crippen LogP contribution in [0.25, 0.3) is 0 Å². The van der Waals surface area contributed by atoms with Gasteiger partial charge in [-0.3, -0.25) is 0 Å². The van der Waals surface area contributed by atoms with Gasteiger partial charge in [0.05, 0.1) is 11.4 Å². The Balaban J connectivity index is 1.65. The van der Waals surface area contributed by atoms with Crippen LogP contribution in [0.4, 0.5) is 0 Å². The van der Waals surface area contributed by atoms with Gasteiger partial charge in [0.25, 0.3) is 0 Å². The summed E-state index contributed by atoms with van der Waals surface area (Å²) >= 11 is 2.05. The minimum absolute atomic E-state index is 0.120. The van der Waals surface area contributed by atoms with Crippen molar-refractivity contribution in [2.24, 2.45) is 10.9 Å². The van der Waals surface area contributed by atoms with Crippen LogP contribution in [0.1, 0.15) is 39.2 Å². The molecule has 0 aromatic heterocycles. The second kappa shape index (κ2) is 9.50. The van der Waals surface area contributed by atoms with E-state index in [4.69, 9.17) is 4.99 Å². The fraction of sp³-hybridized carbons (Fsp3) is 0.650. The molecule has 1 aliphatic carbocycles. The fourth-order valence-corrected chi connectivity index (χ4v) is 5.73. The molecule has 1 atom stereocenters. The smallest absolute Gasteiger partial charge is 0.240 e. The fourth-order valence-electron chi connectivity index (χ4n) is 3.13. The predicted molar refractivity (Wildman–Crippen MR) is 117 cm³/mol. The van der Waals surface area contributed by atoms with Gasteiger partial charge in [-0.1, -0.05) is 26.0 Å². The third kappa shape index (κ3) is 5.87. The van der Waals surface area contributed by atoms with Crippen LogP contribution in [0.5, 0.6) is 0 Å². The van der Waals surface area contributed by atoms with Crippen molar-refractivity contribution in [3.05, 3.63) is 29.8 Å². The van der Waals surface area contributed by atoms with Crippen molar-refractivity contribution in [3.63, 3.8) is 0 Å². The summed E-state index contributed by atoms with van der Waals surface area (Å²) in [5, 5.41) is 4.03. The average molecular weight is 425 g/mol. The molecule has 3 rings (SSSR count). The number of guanidine groups is 1. The van der Waals surface area contributed by atoms with Gasteiger partial charge in [-0.05, 0) is 43.4 Å². The van der Waals surface area contributed by atoms with Gasteiger partial charge in [0.2, 0.25) is 10.0 Å². The van der Waals surface area contributed by atoms with Crippen molar-refractivity contribution in [2.75, 3.05) is 25.4 Å². The van der Waals surface area contributed by atoms with Gasteiger partial charge >= 0.3 is 0 Å². The van der Waals surface area contributed by atoms with Crippen molar-refractivity contribution in [2.45, 2.75) is 56.3 Å². The van der Waals surface area contributed by atoms with Crippen LogP contribution < -0.4 is 10.0 Å². The Labute approximate surface area is 173 Å². The normalized spacial score (nSPS) is 21.2. The highest BCUT2D eigenvalue weighted by atomic mass is 32.2. The molecule has 1 aromatic carbocycles. The summed E-state index contributed by atoms with van der Waals surface area (Å²) in [6, 6.07) is 7.19. The Bertz CT molecular complexity index is 774. The standard InChI is InChI=1S/C20H32N4O2S2/c1-4-21-20(24-11-12-27-19(14-24)15(2)3)22-13-16-5-9-18(10-6-16)28(25,26)23-17-7-8-17/h5-6,9-10,15,17,19,23H,4,7-8,11-14H2,1-3H3,(H,21,22). The summed E-state index contributed by atoms with van der Waals surface area (Å²) in [5.41, 5.74) is 1.01. The number of aliphatic imine (C=N–C) groups is 1. The van der Waals surface area contributed by atoms with E-state index in [-0.39, 0.29) is 6.04 Å². The van der Waals surface area contributed by atoms with E-state index in [0.717, 1.165) is 49.8 Å². The quantitative estimate of drug-likeness (QED) is 0.520. The summed E-state index contributed by atoms with van der Waals surface area (Å²) < 4.78 is 27.3. The monoisotopic (exact) mass is 424 g/mol. The summed E-state index contributed by atoms with van der Waals surface area (Å²) in [6.07, 6.45) is 1.87. The molecule has 1 aliphatic heterocycles. The van der Waals surface area contributed by atoms with Crippen LogP contribution in [0.3, 0.4) is 0 Å². The second-order valence-electron chi connectivity index (χ2n) is 7.81. The molecule has 8 heteroatoms. The number of hydrogen-bond donors (Lipinski definition) is 2. The van der Waals surface area contributed by atoms with E-state index in [1.807, 2.05) is 12.1 Å². The number of benzene rings is 1. The molecule has 1 saturated heterocycles. The topological polar surface area (TPSA) is 73.8 Å². The lowest BCUT2D eigenvalue weighted by Crippen LogP contribution is -2.49. The van der Waals surface area contributed by atoms with Crippen molar-refractivity contribution in [1.82, 2.24) is 14.9 Å². The first-order valence-corrected chi connectivity index (χ1v) is 12.7. The van der Waals surface area contributed by atoms with Gasteiger partial charge in [0.15, 0.2) is 5.96 Å². The Morgan fingerprint density at radius 3 is 2.61 bits per heavy atom. The number of sulfonamides is 1. The number of rotatable bonds is 7. The molecule has 0 amide bonds. The van der Waals surface area contributed by atoms with E-state index in [1.165, 1.54) is 0 Å². The molecule has 6 nitrogen and oxygen atoms in total. The van der Waals surface area contributed by atoms with E-state index in [0.29, 0.717) is 22.6 Å². The molecule has 2 fully saturated rings. The lowest BCUT2D eigenvalue weighted by Gasteiger charge is -2.36. The Morgan fingerprint density at radius 1 is 1.29 bits per heavy atom. The summed E-state index contributed by atoms with van der Waals surface area (Å²) in [7, 11) is -3.39. The SMILES string of the molecule is CCNC(=NCc1ccc(S(=O)(=O)NC2CC2)cc1)N1CCSC(C(C)C)C1. The molecular weight excluding hydrogens is 392 g/mol. The predicted octanol–water partition coefficient (Wildman–Crippen LogP) is 2.67. The molecule has 0 bridgehead atoms. The molecule has 1 unspecified atom stereocenters. The van der Waals surface area contributed by atoms with Gasteiger partial charge in [-0.2, -0.15) is 11.8 Å². The van der Waals surface area contributed by atoms with Gasteiger partial charge in [-0.15, -0.1) is 0 Å². The summed E-state index contributed by atoms with van der Waals surface area (Å²) in [5.74, 6) is 2.71. The van der Waals surface area contributed by atoms with Crippen LogP contribution in [0, 0.1) is 5.92 Å². The van der Waals surface area contributed by atoms with Crippen molar-refractivity contribution in [1.29, 1.82) is 0 Å². The first kappa shape index (κ1) is 21.5. The van der Waals surface area contributed by atoms with Crippen LogP contribution in [-0.4, -0.2) is 56.0 Å². The van der Waals surface area contributed by atoms with E-state index in [2.05, 4.69) is 47.5 Å². The first-order valence-electron chi connectivity index (χ1n) is 10.1. The maximum atomic E-state index is 12.3. The molecule has 2 N–H and O–H groups in total. The highest BCUT2D eigenvalue weighted by Crippen LogP contribution is 2.25. The molecule has 156 valence electrons. The maximum absolute atomic E-state index is 12.3. The third-order valence-electron chi connectivity index (χ3n) is 5.02. The first-order chi connectivity index (χ1) is 13.4. The minimum atomic E-state index is -3.39. The zero-order valence-corrected chi connectivity index (χ0v) is 18.7.